The van der Waals surface area contributed by atoms with Gasteiger partial charge < -0.3 is 15.7 Å². The number of carbonyl (C=O) groups excluding carboxylic acids is 1. The van der Waals surface area contributed by atoms with Crippen molar-refractivity contribution in [1.82, 2.24) is 5.32 Å². The molecule has 0 spiro atoms. The van der Waals surface area contributed by atoms with E-state index in [4.69, 9.17) is 22.0 Å². The Labute approximate surface area is 129 Å². The summed E-state index contributed by atoms with van der Waals surface area (Å²) in [4.78, 5) is 12.0. The zero-order valence-electron chi connectivity index (χ0n) is 12.2. The van der Waals surface area contributed by atoms with Gasteiger partial charge in [-0.3, -0.25) is 4.79 Å². The molecule has 0 aliphatic rings. The van der Waals surface area contributed by atoms with E-state index in [1.807, 2.05) is 13.0 Å². The number of aliphatic hydroxyl groups excluding tert-OH is 1. The van der Waals surface area contributed by atoms with E-state index in [0.717, 1.165) is 5.56 Å². The molecule has 1 aromatic carbocycles. The summed E-state index contributed by atoms with van der Waals surface area (Å²) in [7, 11) is 0. The van der Waals surface area contributed by atoms with Crippen LogP contribution in [0, 0.1) is 18.3 Å². The second kappa shape index (κ2) is 7.11. The van der Waals surface area contributed by atoms with Crippen molar-refractivity contribution in [2.45, 2.75) is 26.3 Å². The number of halogens is 1. The Hall–Kier alpha value is -2.03. The number of hydrogen-bond acceptors (Lipinski definition) is 4. The lowest BCUT2D eigenvalue weighted by Crippen LogP contribution is -2.39. The number of aryl methyl sites for hydroxylation is 1. The van der Waals surface area contributed by atoms with Crippen molar-refractivity contribution in [3.05, 3.63) is 40.6 Å². The molecule has 5 nitrogen and oxygen atoms in total. The molecule has 0 aliphatic carbocycles. The Balaban J connectivity index is 2.83. The minimum Gasteiger partial charge on any atom is -0.394 e. The maximum atomic E-state index is 12.0. The van der Waals surface area contributed by atoms with Gasteiger partial charge in [0.2, 0.25) is 0 Å². The summed E-state index contributed by atoms with van der Waals surface area (Å²) in [5.41, 5.74) is 0.707. The lowest BCUT2D eigenvalue weighted by Gasteiger charge is -2.22. The predicted octanol–water partition coefficient (Wildman–Crippen LogP) is 2.35. The average Bonchev–Trinajstić information content (AvgIpc) is 2.43. The summed E-state index contributed by atoms with van der Waals surface area (Å²) in [5.74, 6) is -0.543. The number of hydrogen-bond donors (Lipinski definition) is 3. The standard InChI is InChI=1S/C15H18ClN3O2/c1-10-4-5-12(6-13(10)16)19-14(21)11(7-17)8-18-15(2,3)9-20/h4-6,8,18,20H,9H2,1-3H3,(H,19,21)/b11-8-. The van der Waals surface area contributed by atoms with Crippen LogP contribution in [0.5, 0.6) is 0 Å². The Morgan fingerprint density at radius 3 is 2.71 bits per heavy atom. The molecule has 3 N–H and O–H groups in total. The second-order valence-corrected chi connectivity index (χ2v) is 5.68. The van der Waals surface area contributed by atoms with Crippen LogP contribution in [-0.4, -0.2) is 23.2 Å². The van der Waals surface area contributed by atoms with Gasteiger partial charge in [0.1, 0.15) is 11.6 Å². The first kappa shape index (κ1) is 17.0. The molecule has 0 saturated carbocycles. The van der Waals surface area contributed by atoms with E-state index in [0.29, 0.717) is 10.7 Å². The lowest BCUT2D eigenvalue weighted by atomic mass is 10.1. The number of nitrogens with zero attached hydrogens (tertiary/aromatic N) is 1. The number of benzene rings is 1. The third kappa shape index (κ3) is 5.10. The number of anilines is 1. The molecule has 0 saturated heterocycles. The molecule has 21 heavy (non-hydrogen) atoms. The van der Waals surface area contributed by atoms with Crippen LogP contribution in [0.3, 0.4) is 0 Å². The van der Waals surface area contributed by atoms with Crippen molar-refractivity contribution in [2.75, 3.05) is 11.9 Å². The molecule has 112 valence electrons. The van der Waals surface area contributed by atoms with E-state index in [1.165, 1.54) is 6.20 Å². The third-order valence-electron chi connectivity index (χ3n) is 2.80. The molecule has 0 aliphatic heterocycles. The van der Waals surface area contributed by atoms with Crippen LogP contribution in [0.1, 0.15) is 19.4 Å². The SMILES string of the molecule is Cc1ccc(NC(=O)/C(C#N)=C\NC(C)(C)CO)cc1Cl. The number of rotatable bonds is 5. The van der Waals surface area contributed by atoms with Gasteiger partial charge in [-0.1, -0.05) is 17.7 Å². The summed E-state index contributed by atoms with van der Waals surface area (Å²) in [6.45, 7) is 5.22. The first-order valence-corrected chi connectivity index (χ1v) is 6.73. The van der Waals surface area contributed by atoms with E-state index >= 15 is 0 Å². The highest BCUT2D eigenvalue weighted by Crippen LogP contribution is 2.20. The fourth-order valence-electron chi connectivity index (χ4n) is 1.33. The fourth-order valence-corrected chi connectivity index (χ4v) is 1.51. The van der Waals surface area contributed by atoms with Crippen molar-refractivity contribution in [3.8, 4) is 6.07 Å². The summed E-state index contributed by atoms with van der Waals surface area (Å²) < 4.78 is 0. The van der Waals surface area contributed by atoms with E-state index in [9.17, 15) is 4.79 Å². The van der Waals surface area contributed by atoms with Crippen molar-refractivity contribution in [1.29, 1.82) is 5.26 Å². The molecule has 0 heterocycles. The first-order valence-electron chi connectivity index (χ1n) is 6.35. The molecular weight excluding hydrogens is 290 g/mol. The quantitative estimate of drug-likeness (QED) is 0.576. The van der Waals surface area contributed by atoms with Crippen LogP contribution >= 0.6 is 11.6 Å². The lowest BCUT2D eigenvalue weighted by molar-refractivity contribution is -0.112. The summed E-state index contributed by atoms with van der Waals surface area (Å²) >= 11 is 5.98. The van der Waals surface area contributed by atoms with Crippen molar-refractivity contribution in [2.24, 2.45) is 0 Å². The molecule has 0 aromatic heterocycles. The number of aliphatic hydroxyl groups is 1. The molecule has 0 atom stereocenters. The van der Waals surface area contributed by atoms with Gasteiger partial charge >= 0.3 is 0 Å². The zero-order chi connectivity index (χ0) is 16.0. The number of amides is 1. The van der Waals surface area contributed by atoms with Gasteiger partial charge in [-0.2, -0.15) is 5.26 Å². The van der Waals surface area contributed by atoms with Gasteiger partial charge in [0.25, 0.3) is 5.91 Å². The van der Waals surface area contributed by atoms with Crippen molar-refractivity contribution < 1.29 is 9.90 Å². The van der Waals surface area contributed by atoms with E-state index in [2.05, 4.69) is 10.6 Å². The highest BCUT2D eigenvalue weighted by atomic mass is 35.5. The monoisotopic (exact) mass is 307 g/mol. The second-order valence-electron chi connectivity index (χ2n) is 5.27. The summed E-state index contributed by atoms with van der Waals surface area (Å²) in [6.07, 6.45) is 1.29. The maximum Gasteiger partial charge on any atom is 0.267 e. The van der Waals surface area contributed by atoms with Crippen LogP contribution in [0.25, 0.3) is 0 Å². The van der Waals surface area contributed by atoms with Crippen LogP contribution in [-0.2, 0) is 4.79 Å². The van der Waals surface area contributed by atoms with E-state index in [1.54, 1.807) is 32.0 Å². The Morgan fingerprint density at radius 2 is 2.19 bits per heavy atom. The van der Waals surface area contributed by atoms with Crippen LogP contribution in [0.4, 0.5) is 5.69 Å². The van der Waals surface area contributed by atoms with Gasteiger partial charge in [-0.25, -0.2) is 0 Å². The van der Waals surface area contributed by atoms with Crippen molar-refractivity contribution >= 4 is 23.2 Å². The van der Waals surface area contributed by atoms with Crippen LogP contribution in [0.2, 0.25) is 5.02 Å². The van der Waals surface area contributed by atoms with Gasteiger partial charge in [-0.15, -0.1) is 0 Å². The van der Waals surface area contributed by atoms with Gasteiger partial charge in [0, 0.05) is 16.9 Å². The predicted molar refractivity (Wildman–Crippen MR) is 82.8 cm³/mol. The molecule has 0 unspecified atom stereocenters. The normalized spacial score (nSPS) is 11.7. The fraction of sp³-hybridized carbons (Fsp3) is 0.333. The van der Waals surface area contributed by atoms with Crippen molar-refractivity contribution in [3.63, 3.8) is 0 Å². The Kier molecular flexibility index (Phi) is 5.77. The van der Waals surface area contributed by atoms with Gasteiger partial charge in [0.15, 0.2) is 0 Å². The first-order chi connectivity index (χ1) is 9.79. The summed E-state index contributed by atoms with van der Waals surface area (Å²) in [6, 6.07) is 6.92. The van der Waals surface area contributed by atoms with Gasteiger partial charge in [-0.05, 0) is 38.5 Å². The third-order valence-corrected chi connectivity index (χ3v) is 3.20. The molecule has 0 fully saturated rings. The molecular formula is C15H18ClN3O2. The molecule has 6 heteroatoms. The highest BCUT2D eigenvalue weighted by molar-refractivity contribution is 6.31. The Morgan fingerprint density at radius 1 is 1.52 bits per heavy atom. The molecule has 0 radical (unpaired) electrons. The molecule has 1 rings (SSSR count). The average molecular weight is 308 g/mol. The smallest absolute Gasteiger partial charge is 0.267 e. The maximum absolute atomic E-state index is 12.0. The van der Waals surface area contributed by atoms with E-state index < -0.39 is 11.4 Å². The highest BCUT2D eigenvalue weighted by Gasteiger charge is 2.16. The number of nitriles is 1. The number of nitrogens with one attached hydrogen (secondary N) is 2. The van der Waals surface area contributed by atoms with Crippen LogP contribution in [0.15, 0.2) is 30.0 Å². The molecule has 1 aromatic rings. The van der Waals surface area contributed by atoms with Gasteiger partial charge in [0.05, 0.1) is 12.1 Å². The minimum absolute atomic E-state index is 0.0896. The summed E-state index contributed by atoms with van der Waals surface area (Å²) in [5, 5.41) is 24.1. The largest absolute Gasteiger partial charge is 0.394 e. The van der Waals surface area contributed by atoms with Crippen LogP contribution < -0.4 is 10.6 Å². The Bertz CT molecular complexity index is 603. The minimum atomic E-state index is -0.616. The number of carbonyl (C=O) groups is 1. The van der Waals surface area contributed by atoms with E-state index in [-0.39, 0.29) is 12.2 Å². The zero-order valence-corrected chi connectivity index (χ0v) is 13.0. The topological polar surface area (TPSA) is 85.2 Å². The molecule has 0 bridgehead atoms. The molecule has 1 amide bonds.